The van der Waals surface area contributed by atoms with Crippen LogP contribution in [0.25, 0.3) is 0 Å². The predicted molar refractivity (Wildman–Crippen MR) is 106 cm³/mol. The number of hydrogen-bond donors (Lipinski definition) is 0. The predicted octanol–water partition coefficient (Wildman–Crippen LogP) is 6.18. The SMILES string of the molecule is CCCC(CCC(=O)Oc1ccc(N=Nc2ccccc2)cc1)C(=O)CC. The highest BCUT2D eigenvalue weighted by atomic mass is 16.5. The number of esters is 1. The molecule has 0 aliphatic carbocycles. The van der Waals surface area contributed by atoms with Crippen LogP contribution in [-0.4, -0.2) is 11.8 Å². The standard InChI is InChI=1S/C22H26N2O3/c1-3-8-17(21(25)4-2)11-16-22(26)27-20-14-12-19(13-15-20)24-23-18-9-6-5-7-10-18/h5-7,9-10,12-15,17H,3-4,8,11,16H2,1-2H3. The number of rotatable bonds is 10. The van der Waals surface area contributed by atoms with E-state index >= 15 is 0 Å². The van der Waals surface area contributed by atoms with Crippen molar-refractivity contribution < 1.29 is 14.3 Å². The number of benzene rings is 2. The second-order valence-corrected chi connectivity index (χ2v) is 6.35. The number of ketones is 1. The number of nitrogens with zero attached hydrogens (tertiary/aromatic N) is 2. The van der Waals surface area contributed by atoms with Crippen LogP contribution in [-0.2, 0) is 9.59 Å². The van der Waals surface area contributed by atoms with E-state index in [0.717, 1.165) is 18.5 Å². The van der Waals surface area contributed by atoms with Gasteiger partial charge in [0.15, 0.2) is 0 Å². The second-order valence-electron chi connectivity index (χ2n) is 6.35. The quantitative estimate of drug-likeness (QED) is 0.286. The van der Waals surface area contributed by atoms with Crippen LogP contribution < -0.4 is 4.74 Å². The lowest BCUT2D eigenvalue weighted by atomic mass is 9.92. The Balaban J connectivity index is 1.85. The molecule has 0 amide bonds. The van der Waals surface area contributed by atoms with Crippen molar-refractivity contribution in [1.82, 2.24) is 0 Å². The summed E-state index contributed by atoms with van der Waals surface area (Å²) in [5.41, 5.74) is 1.45. The van der Waals surface area contributed by atoms with Crippen molar-refractivity contribution in [2.45, 2.75) is 46.0 Å². The van der Waals surface area contributed by atoms with Crippen LogP contribution in [0.1, 0.15) is 46.0 Å². The molecule has 5 heteroatoms. The van der Waals surface area contributed by atoms with E-state index in [0.29, 0.717) is 24.3 Å². The number of hydrogen-bond acceptors (Lipinski definition) is 5. The Kier molecular flexibility index (Phi) is 8.36. The Morgan fingerprint density at radius 2 is 1.52 bits per heavy atom. The normalized spacial score (nSPS) is 12.1. The summed E-state index contributed by atoms with van der Waals surface area (Å²) >= 11 is 0. The molecule has 0 aromatic heterocycles. The monoisotopic (exact) mass is 366 g/mol. The van der Waals surface area contributed by atoms with Gasteiger partial charge in [0.1, 0.15) is 11.5 Å². The highest BCUT2D eigenvalue weighted by Crippen LogP contribution is 2.22. The highest BCUT2D eigenvalue weighted by molar-refractivity contribution is 5.81. The van der Waals surface area contributed by atoms with E-state index in [2.05, 4.69) is 10.2 Å². The van der Waals surface area contributed by atoms with Crippen LogP contribution in [0, 0.1) is 5.92 Å². The fourth-order valence-electron chi connectivity index (χ4n) is 2.77. The number of ether oxygens (including phenoxy) is 1. The van der Waals surface area contributed by atoms with Gasteiger partial charge in [-0.3, -0.25) is 9.59 Å². The highest BCUT2D eigenvalue weighted by Gasteiger charge is 2.17. The van der Waals surface area contributed by atoms with Crippen molar-refractivity contribution >= 4 is 23.1 Å². The van der Waals surface area contributed by atoms with Crippen molar-refractivity contribution in [3.05, 3.63) is 54.6 Å². The molecule has 0 saturated heterocycles. The zero-order chi connectivity index (χ0) is 19.5. The molecule has 0 bridgehead atoms. The van der Waals surface area contributed by atoms with Gasteiger partial charge in [-0.2, -0.15) is 10.2 Å². The van der Waals surface area contributed by atoms with Gasteiger partial charge in [-0.25, -0.2) is 0 Å². The molecule has 0 saturated carbocycles. The summed E-state index contributed by atoms with van der Waals surface area (Å²) in [4.78, 5) is 24.0. The number of azo groups is 1. The molecule has 5 nitrogen and oxygen atoms in total. The molecule has 2 aromatic carbocycles. The molecule has 27 heavy (non-hydrogen) atoms. The van der Waals surface area contributed by atoms with Crippen molar-refractivity contribution in [2.75, 3.05) is 0 Å². The van der Waals surface area contributed by atoms with Crippen LogP contribution in [0.4, 0.5) is 11.4 Å². The maximum absolute atomic E-state index is 12.1. The molecule has 142 valence electrons. The molecule has 0 aliphatic rings. The van der Waals surface area contributed by atoms with Gasteiger partial charge in [-0.05, 0) is 49.2 Å². The number of Topliss-reactive ketones (excluding diaryl/α,β-unsaturated/α-hetero) is 1. The molecule has 2 aromatic rings. The molecular weight excluding hydrogens is 340 g/mol. The summed E-state index contributed by atoms with van der Waals surface area (Å²) in [5.74, 6) is 0.317. The van der Waals surface area contributed by atoms with E-state index in [-0.39, 0.29) is 24.1 Å². The van der Waals surface area contributed by atoms with Gasteiger partial charge in [-0.1, -0.05) is 38.5 Å². The summed E-state index contributed by atoms with van der Waals surface area (Å²) < 4.78 is 5.35. The Morgan fingerprint density at radius 1 is 0.889 bits per heavy atom. The Bertz CT molecular complexity index is 755. The van der Waals surface area contributed by atoms with Crippen molar-refractivity contribution in [3.63, 3.8) is 0 Å². The van der Waals surface area contributed by atoms with Gasteiger partial charge in [0.25, 0.3) is 0 Å². The lowest BCUT2D eigenvalue weighted by molar-refractivity contribution is -0.135. The van der Waals surface area contributed by atoms with Crippen molar-refractivity contribution in [3.8, 4) is 5.75 Å². The lowest BCUT2D eigenvalue weighted by Gasteiger charge is -2.13. The van der Waals surface area contributed by atoms with E-state index < -0.39 is 0 Å². The Morgan fingerprint density at radius 3 is 2.11 bits per heavy atom. The average molecular weight is 366 g/mol. The van der Waals surface area contributed by atoms with Gasteiger partial charge >= 0.3 is 5.97 Å². The van der Waals surface area contributed by atoms with Crippen LogP contribution in [0.3, 0.4) is 0 Å². The fourth-order valence-corrected chi connectivity index (χ4v) is 2.77. The largest absolute Gasteiger partial charge is 0.427 e. The molecule has 0 radical (unpaired) electrons. The Labute approximate surface area is 160 Å². The van der Waals surface area contributed by atoms with Crippen LogP contribution in [0.2, 0.25) is 0 Å². The van der Waals surface area contributed by atoms with E-state index in [9.17, 15) is 9.59 Å². The molecule has 0 spiro atoms. The second kappa shape index (κ2) is 11.0. The molecular formula is C22H26N2O3. The first kappa shape index (κ1) is 20.5. The summed E-state index contributed by atoms with van der Waals surface area (Å²) in [6.07, 6.45) is 3.05. The molecule has 0 heterocycles. The summed E-state index contributed by atoms with van der Waals surface area (Å²) in [7, 11) is 0. The molecule has 0 aliphatic heterocycles. The van der Waals surface area contributed by atoms with Gasteiger partial charge in [0.2, 0.25) is 0 Å². The third kappa shape index (κ3) is 7.13. The minimum absolute atomic E-state index is 0.0478. The first-order valence-corrected chi connectivity index (χ1v) is 9.42. The lowest BCUT2D eigenvalue weighted by Crippen LogP contribution is -2.17. The van der Waals surface area contributed by atoms with Crippen molar-refractivity contribution in [1.29, 1.82) is 0 Å². The fraction of sp³-hybridized carbons (Fsp3) is 0.364. The first-order chi connectivity index (χ1) is 13.1. The van der Waals surface area contributed by atoms with E-state index in [1.807, 2.05) is 44.2 Å². The molecule has 0 N–H and O–H groups in total. The third-order valence-corrected chi connectivity index (χ3v) is 4.24. The van der Waals surface area contributed by atoms with Crippen LogP contribution in [0.5, 0.6) is 5.75 Å². The maximum atomic E-state index is 12.1. The Hall–Kier alpha value is -2.82. The molecule has 1 unspecified atom stereocenters. The number of carbonyl (C=O) groups excluding carboxylic acids is 2. The molecule has 0 fully saturated rings. The third-order valence-electron chi connectivity index (χ3n) is 4.24. The van der Waals surface area contributed by atoms with E-state index in [4.69, 9.17) is 4.74 Å². The molecule has 1 atom stereocenters. The van der Waals surface area contributed by atoms with Crippen molar-refractivity contribution in [2.24, 2.45) is 16.1 Å². The van der Waals surface area contributed by atoms with Crippen LogP contribution >= 0.6 is 0 Å². The minimum Gasteiger partial charge on any atom is -0.427 e. The van der Waals surface area contributed by atoms with Gasteiger partial charge in [-0.15, -0.1) is 0 Å². The average Bonchev–Trinajstić information content (AvgIpc) is 2.70. The minimum atomic E-state index is -0.321. The van der Waals surface area contributed by atoms with Gasteiger partial charge < -0.3 is 4.74 Å². The van der Waals surface area contributed by atoms with Crippen LogP contribution in [0.15, 0.2) is 64.8 Å². The zero-order valence-corrected chi connectivity index (χ0v) is 15.9. The summed E-state index contributed by atoms with van der Waals surface area (Å²) in [5, 5.41) is 8.30. The summed E-state index contributed by atoms with van der Waals surface area (Å²) in [6.45, 7) is 3.91. The first-order valence-electron chi connectivity index (χ1n) is 9.42. The summed E-state index contributed by atoms with van der Waals surface area (Å²) in [6, 6.07) is 16.3. The smallest absolute Gasteiger partial charge is 0.311 e. The topological polar surface area (TPSA) is 68.1 Å². The van der Waals surface area contributed by atoms with Gasteiger partial charge in [0.05, 0.1) is 11.4 Å². The maximum Gasteiger partial charge on any atom is 0.311 e. The number of carbonyl (C=O) groups is 2. The zero-order valence-electron chi connectivity index (χ0n) is 15.9. The van der Waals surface area contributed by atoms with E-state index in [1.165, 1.54) is 0 Å². The van der Waals surface area contributed by atoms with E-state index in [1.54, 1.807) is 24.3 Å². The molecule has 2 rings (SSSR count). The van der Waals surface area contributed by atoms with Gasteiger partial charge in [0, 0.05) is 18.8 Å².